The van der Waals surface area contributed by atoms with Crippen molar-refractivity contribution < 1.29 is 19.0 Å². The van der Waals surface area contributed by atoms with E-state index < -0.39 is 0 Å². The average molecular weight is 369 g/mol. The Morgan fingerprint density at radius 3 is 2.52 bits per heavy atom. The lowest BCUT2D eigenvalue weighted by molar-refractivity contribution is 0.0946. The van der Waals surface area contributed by atoms with E-state index in [1.165, 1.54) is 5.56 Å². The Bertz CT molecular complexity index is 814. The van der Waals surface area contributed by atoms with Crippen LogP contribution in [0.4, 0.5) is 0 Å². The van der Waals surface area contributed by atoms with E-state index in [2.05, 4.69) is 18.0 Å². The van der Waals surface area contributed by atoms with Crippen LogP contribution in [0.1, 0.15) is 27.0 Å². The molecule has 144 valence electrons. The number of aryl methyl sites for hydroxylation is 2. The molecule has 0 spiro atoms. The van der Waals surface area contributed by atoms with Crippen LogP contribution in [0.2, 0.25) is 0 Å². The second-order valence-electron chi connectivity index (χ2n) is 6.24. The molecule has 0 heterocycles. The van der Waals surface area contributed by atoms with Crippen molar-refractivity contribution in [2.75, 3.05) is 27.4 Å². The van der Waals surface area contributed by atoms with Crippen LogP contribution in [0.5, 0.6) is 17.2 Å². The van der Waals surface area contributed by atoms with Gasteiger partial charge in [0.25, 0.3) is 5.91 Å². The first-order valence-corrected chi connectivity index (χ1v) is 8.84. The van der Waals surface area contributed by atoms with Crippen LogP contribution >= 0.6 is 0 Å². The van der Waals surface area contributed by atoms with Crippen LogP contribution in [0.25, 0.3) is 0 Å². The number of ether oxygens (including phenoxy) is 3. The van der Waals surface area contributed by atoms with Crippen LogP contribution in [0.15, 0.2) is 43.0 Å². The zero-order valence-electron chi connectivity index (χ0n) is 16.4. The molecule has 2 aromatic carbocycles. The number of allylic oxidation sites excluding steroid dienone is 1. The molecule has 0 atom stereocenters. The number of carbonyl (C=O) groups excluding carboxylic acids is 1. The van der Waals surface area contributed by atoms with Crippen LogP contribution in [0, 0.1) is 13.8 Å². The van der Waals surface area contributed by atoms with Gasteiger partial charge in [0.1, 0.15) is 12.4 Å². The summed E-state index contributed by atoms with van der Waals surface area (Å²) in [7, 11) is 3.13. The molecule has 0 saturated carbocycles. The van der Waals surface area contributed by atoms with Crippen LogP contribution in [-0.2, 0) is 6.42 Å². The van der Waals surface area contributed by atoms with E-state index in [0.717, 1.165) is 16.9 Å². The SMILES string of the molecule is C=CCc1cc(C(=O)NCCOc2ccc(C)cc2C)cc(OC)c1OC. The highest BCUT2D eigenvalue weighted by molar-refractivity contribution is 5.95. The maximum Gasteiger partial charge on any atom is 0.251 e. The minimum absolute atomic E-state index is 0.189. The first-order valence-electron chi connectivity index (χ1n) is 8.84. The van der Waals surface area contributed by atoms with E-state index in [4.69, 9.17) is 14.2 Å². The molecule has 0 aliphatic carbocycles. The molecule has 0 bridgehead atoms. The summed E-state index contributed by atoms with van der Waals surface area (Å²) in [4.78, 5) is 12.5. The number of benzene rings is 2. The highest BCUT2D eigenvalue weighted by Crippen LogP contribution is 2.33. The van der Waals surface area contributed by atoms with Gasteiger partial charge in [0, 0.05) is 11.1 Å². The first kappa shape index (κ1) is 20.4. The van der Waals surface area contributed by atoms with Crippen molar-refractivity contribution in [1.29, 1.82) is 0 Å². The third-order valence-electron chi connectivity index (χ3n) is 4.16. The molecule has 0 aliphatic heterocycles. The third-order valence-corrected chi connectivity index (χ3v) is 4.16. The number of rotatable bonds is 9. The van der Waals surface area contributed by atoms with E-state index >= 15 is 0 Å². The molecule has 5 heteroatoms. The summed E-state index contributed by atoms with van der Waals surface area (Å²) in [5.41, 5.74) is 3.63. The Kier molecular flexibility index (Phi) is 7.29. The number of nitrogens with one attached hydrogen (secondary N) is 1. The lowest BCUT2D eigenvalue weighted by Gasteiger charge is -2.15. The summed E-state index contributed by atoms with van der Waals surface area (Å²) in [6.07, 6.45) is 2.34. The Morgan fingerprint density at radius 1 is 1.11 bits per heavy atom. The standard InChI is InChI=1S/C22H27NO4/c1-6-7-17-13-18(14-20(25-4)21(17)26-5)22(24)23-10-11-27-19-9-8-15(2)12-16(19)3/h6,8-9,12-14H,1,7,10-11H2,2-5H3,(H,23,24). The van der Waals surface area contributed by atoms with Crippen molar-refractivity contribution >= 4 is 5.91 Å². The van der Waals surface area contributed by atoms with Gasteiger partial charge in [-0.25, -0.2) is 0 Å². The van der Waals surface area contributed by atoms with E-state index in [1.54, 1.807) is 32.4 Å². The fraction of sp³-hybridized carbons (Fsp3) is 0.318. The molecule has 2 aromatic rings. The quantitative estimate of drug-likeness (QED) is 0.539. The highest BCUT2D eigenvalue weighted by Gasteiger charge is 2.15. The second kappa shape index (κ2) is 9.67. The Morgan fingerprint density at radius 2 is 1.89 bits per heavy atom. The summed E-state index contributed by atoms with van der Waals surface area (Å²) in [5, 5.41) is 2.87. The average Bonchev–Trinajstić information content (AvgIpc) is 2.65. The Labute approximate surface area is 161 Å². The summed E-state index contributed by atoms with van der Waals surface area (Å²) >= 11 is 0. The third kappa shape index (κ3) is 5.26. The summed E-state index contributed by atoms with van der Waals surface area (Å²) in [6.45, 7) is 8.59. The van der Waals surface area contributed by atoms with Gasteiger partial charge < -0.3 is 19.5 Å². The molecule has 27 heavy (non-hydrogen) atoms. The second-order valence-corrected chi connectivity index (χ2v) is 6.24. The van der Waals surface area contributed by atoms with Gasteiger partial charge in [0.15, 0.2) is 11.5 Å². The predicted octanol–water partition coefficient (Wildman–Crippen LogP) is 3.86. The van der Waals surface area contributed by atoms with Gasteiger partial charge >= 0.3 is 0 Å². The largest absolute Gasteiger partial charge is 0.493 e. The van der Waals surface area contributed by atoms with E-state index in [0.29, 0.717) is 36.6 Å². The predicted molar refractivity (Wildman–Crippen MR) is 107 cm³/mol. The van der Waals surface area contributed by atoms with E-state index in [1.807, 2.05) is 26.0 Å². The number of amides is 1. The molecule has 0 aromatic heterocycles. The van der Waals surface area contributed by atoms with Crippen molar-refractivity contribution in [3.8, 4) is 17.2 Å². The van der Waals surface area contributed by atoms with Gasteiger partial charge in [-0.2, -0.15) is 0 Å². The van der Waals surface area contributed by atoms with Gasteiger partial charge in [-0.05, 0) is 44.0 Å². The van der Waals surface area contributed by atoms with Crippen molar-refractivity contribution in [2.45, 2.75) is 20.3 Å². The van der Waals surface area contributed by atoms with Crippen molar-refractivity contribution in [2.24, 2.45) is 0 Å². The normalized spacial score (nSPS) is 10.2. The fourth-order valence-electron chi connectivity index (χ4n) is 2.87. The van der Waals surface area contributed by atoms with Gasteiger partial charge in [0.05, 0.1) is 20.8 Å². The molecule has 0 radical (unpaired) electrons. The molecule has 1 amide bonds. The molecule has 2 rings (SSSR count). The lowest BCUT2D eigenvalue weighted by atomic mass is 10.0. The van der Waals surface area contributed by atoms with Crippen molar-refractivity contribution in [3.05, 3.63) is 65.2 Å². The summed E-state index contributed by atoms with van der Waals surface area (Å²) < 4.78 is 16.5. The van der Waals surface area contributed by atoms with Gasteiger partial charge in [-0.15, -0.1) is 6.58 Å². The molecule has 1 N–H and O–H groups in total. The lowest BCUT2D eigenvalue weighted by Crippen LogP contribution is -2.28. The minimum atomic E-state index is -0.189. The first-order chi connectivity index (χ1) is 13.0. The molecule has 0 unspecified atom stereocenters. The Hall–Kier alpha value is -2.95. The Balaban J connectivity index is 2.00. The van der Waals surface area contributed by atoms with Gasteiger partial charge in [-0.1, -0.05) is 23.8 Å². The molecule has 0 fully saturated rings. The molecule has 0 aliphatic rings. The summed E-state index contributed by atoms with van der Waals surface area (Å²) in [5.74, 6) is 1.78. The maximum absolute atomic E-state index is 12.5. The van der Waals surface area contributed by atoms with Crippen LogP contribution in [0.3, 0.4) is 0 Å². The fourth-order valence-corrected chi connectivity index (χ4v) is 2.87. The van der Waals surface area contributed by atoms with Crippen LogP contribution < -0.4 is 19.5 Å². The molecular weight excluding hydrogens is 342 g/mol. The number of methoxy groups -OCH3 is 2. The van der Waals surface area contributed by atoms with Crippen LogP contribution in [-0.4, -0.2) is 33.3 Å². The molecule has 5 nitrogen and oxygen atoms in total. The van der Waals surface area contributed by atoms with E-state index in [9.17, 15) is 4.79 Å². The number of hydrogen-bond acceptors (Lipinski definition) is 4. The van der Waals surface area contributed by atoms with Gasteiger partial charge in [-0.3, -0.25) is 4.79 Å². The smallest absolute Gasteiger partial charge is 0.251 e. The van der Waals surface area contributed by atoms with Gasteiger partial charge in [0.2, 0.25) is 0 Å². The van der Waals surface area contributed by atoms with Crippen molar-refractivity contribution in [3.63, 3.8) is 0 Å². The molecular formula is C22H27NO4. The number of carbonyl (C=O) groups is 1. The zero-order valence-corrected chi connectivity index (χ0v) is 16.4. The topological polar surface area (TPSA) is 56.8 Å². The van der Waals surface area contributed by atoms with E-state index in [-0.39, 0.29) is 5.91 Å². The number of hydrogen-bond donors (Lipinski definition) is 1. The molecule has 0 saturated heterocycles. The monoisotopic (exact) mass is 369 g/mol. The zero-order chi connectivity index (χ0) is 19.8. The van der Waals surface area contributed by atoms with Crippen molar-refractivity contribution in [1.82, 2.24) is 5.32 Å². The maximum atomic E-state index is 12.5. The minimum Gasteiger partial charge on any atom is -0.493 e. The summed E-state index contributed by atoms with van der Waals surface area (Å²) in [6, 6.07) is 9.49. The highest BCUT2D eigenvalue weighted by atomic mass is 16.5.